The zero-order chi connectivity index (χ0) is 16.0. The van der Waals surface area contributed by atoms with E-state index < -0.39 is 5.97 Å². The van der Waals surface area contributed by atoms with Crippen molar-refractivity contribution in [3.8, 4) is 0 Å². The minimum absolute atomic E-state index is 0.201. The third-order valence-electron chi connectivity index (χ3n) is 4.95. The third-order valence-corrected chi connectivity index (χ3v) is 4.95. The number of hydrogen-bond acceptors (Lipinski definition) is 2. The van der Waals surface area contributed by atoms with Crippen LogP contribution in [0, 0.1) is 0 Å². The van der Waals surface area contributed by atoms with Crippen LogP contribution < -0.4 is 0 Å². The van der Waals surface area contributed by atoms with Gasteiger partial charge in [0.15, 0.2) is 0 Å². The summed E-state index contributed by atoms with van der Waals surface area (Å²) in [7, 11) is 0. The molecule has 0 amide bonds. The van der Waals surface area contributed by atoms with Crippen LogP contribution >= 0.6 is 0 Å². The molecule has 22 heavy (non-hydrogen) atoms. The Balaban J connectivity index is 1.83. The molecule has 0 aromatic carbocycles. The van der Waals surface area contributed by atoms with E-state index in [1.807, 2.05) is 0 Å². The molecular formula is C19H37NO2. The molecular weight excluding hydrogens is 274 g/mol. The normalized spacial score (nSPS) is 18.9. The lowest BCUT2D eigenvalue weighted by atomic mass is 10.1. The van der Waals surface area contributed by atoms with E-state index in [2.05, 4.69) is 11.8 Å². The fourth-order valence-electron chi connectivity index (χ4n) is 3.53. The van der Waals surface area contributed by atoms with Gasteiger partial charge in [-0.25, -0.2) is 0 Å². The number of carboxylic acids is 1. The van der Waals surface area contributed by atoms with E-state index in [1.165, 1.54) is 77.0 Å². The largest absolute Gasteiger partial charge is 0.480 e. The van der Waals surface area contributed by atoms with Gasteiger partial charge in [-0.2, -0.15) is 0 Å². The second-order valence-electron chi connectivity index (χ2n) is 6.92. The number of carbonyl (C=O) groups is 1. The van der Waals surface area contributed by atoms with Gasteiger partial charge in [0.25, 0.3) is 0 Å². The minimum Gasteiger partial charge on any atom is -0.480 e. The summed E-state index contributed by atoms with van der Waals surface area (Å²) in [6.45, 7) is 4.23. The SMILES string of the molecule is CCCCCCCCCCCCCCN1CCCC1C(=O)O. The highest BCUT2D eigenvalue weighted by Gasteiger charge is 2.29. The predicted octanol–water partition coefficient (Wildman–Crippen LogP) is 5.24. The summed E-state index contributed by atoms with van der Waals surface area (Å²) in [6.07, 6.45) is 18.2. The summed E-state index contributed by atoms with van der Waals surface area (Å²) in [5.41, 5.74) is 0. The summed E-state index contributed by atoms with van der Waals surface area (Å²) < 4.78 is 0. The maximum absolute atomic E-state index is 11.1. The smallest absolute Gasteiger partial charge is 0.320 e. The number of carboxylic acid groups (broad SMARTS) is 1. The van der Waals surface area contributed by atoms with Crippen molar-refractivity contribution < 1.29 is 9.90 Å². The van der Waals surface area contributed by atoms with E-state index in [0.717, 1.165) is 25.9 Å². The van der Waals surface area contributed by atoms with Gasteiger partial charge in [-0.1, -0.05) is 77.6 Å². The second-order valence-corrected chi connectivity index (χ2v) is 6.92. The van der Waals surface area contributed by atoms with E-state index in [0.29, 0.717) is 0 Å². The Morgan fingerprint density at radius 1 is 0.909 bits per heavy atom. The highest BCUT2D eigenvalue weighted by atomic mass is 16.4. The number of likely N-dealkylation sites (tertiary alicyclic amines) is 1. The van der Waals surface area contributed by atoms with Gasteiger partial charge in [0.2, 0.25) is 0 Å². The van der Waals surface area contributed by atoms with Gasteiger partial charge >= 0.3 is 5.97 Å². The first kappa shape index (κ1) is 19.5. The zero-order valence-corrected chi connectivity index (χ0v) is 14.7. The average molecular weight is 312 g/mol. The Hall–Kier alpha value is -0.570. The van der Waals surface area contributed by atoms with Crippen molar-refractivity contribution in [2.24, 2.45) is 0 Å². The van der Waals surface area contributed by atoms with Crippen LogP contribution in [0.2, 0.25) is 0 Å². The fraction of sp³-hybridized carbons (Fsp3) is 0.947. The molecule has 130 valence electrons. The Kier molecular flexibility index (Phi) is 11.4. The van der Waals surface area contributed by atoms with Crippen LogP contribution in [0.5, 0.6) is 0 Å². The summed E-state index contributed by atoms with van der Waals surface area (Å²) in [5.74, 6) is -0.628. The molecule has 3 nitrogen and oxygen atoms in total. The average Bonchev–Trinajstić information content (AvgIpc) is 2.97. The van der Waals surface area contributed by atoms with Gasteiger partial charge in [-0.05, 0) is 32.4 Å². The van der Waals surface area contributed by atoms with Crippen LogP contribution in [0.25, 0.3) is 0 Å². The molecule has 0 aliphatic carbocycles. The Morgan fingerprint density at radius 2 is 1.41 bits per heavy atom. The minimum atomic E-state index is -0.628. The molecule has 1 rings (SSSR count). The quantitative estimate of drug-likeness (QED) is 0.446. The van der Waals surface area contributed by atoms with E-state index in [9.17, 15) is 4.79 Å². The highest BCUT2D eigenvalue weighted by Crippen LogP contribution is 2.18. The number of unbranched alkanes of at least 4 members (excludes halogenated alkanes) is 11. The van der Waals surface area contributed by atoms with Crippen LogP contribution in [0.15, 0.2) is 0 Å². The van der Waals surface area contributed by atoms with Crippen molar-refractivity contribution in [2.75, 3.05) is 13.1 Å². The molecule has 0 aromatic heterocycles. The molecule has 1 aliphatic heterocycles. The van der Waals surface area contributed by atoms with Crippen molar-refractivity contribution in [2.45, 2.75) is 103 Å². The van der Waals surface area contributed by atoms with E-state index in [4.69, 9.17) is 5.11 Å². The van der Waals surface area contributed by atoms with E-state index in [-0.39, 0.29) is 6.04 Å². The molecule has 0 saturated carbocycles. The molecule has 1 atom stereocenters. The van der Waals surface area contributed by atoms with Gasteiger partial charge in [0.1, 0.15) is 6.04 Å². The molecule has 1 N–H and O–H groups in total. The van der Waals surface area contributed by atoms with Gasteiger partial charge in [-0.3, -0.25) is 9.69 Å². The van der Waals surface area contributed by atoms with E-state index >= 15 is 0 Å². The van der Waals surface area contributed by atoms with Crippen molar-refractivity contribution in [1.29, 1.82) is 0 Å². The van der Waals surface area contributed by atoms with Crippen LogP contribution in [-0.4, -0.2) is 35.1 Å². The first-order valence-electron chi connectivity index (χ1n) is 9.72. The zero-order valence-electron chi connectivity index (χ0n) is 14.7. The summed E-state index contributed by atoms with van der Waals surface area (Å²) in [4.78, 5) is 13.3. The highest BCUT2D eigenvalue weighted by molar-refractivity contribution is 5.73. The van der Waals surface area contributed by atoms with Gasteiger partial charge in [-0.15, -0.1) is 0 Å². The molecule has 1 aliphatic rings. The van der Waals surface area contributed by atoms with Gasteiger partial charge in [0.05, 0.1) is 0 Å². The molecule has 0 bridgehead atoms. The monoisotopic (exact) mass is 311 g/mol. The molecule has 0 aromatic rings. The lowest BCUT2D eigenvalue weighted by molar-refractivity contribution is -0.142. The molecule has 1 saturated heterocycles. The number of hydrogen-bond donors (Lipinski definition) is 1. The van der Waals surface area contributed by atoms with Gasteiger partial charge in [0, 0.05) is 0 Å². The predicted molar refractivity (Wildman–Crippen MR) is 93.3 cm³/mol. The molecule has 1 unspecified atom stereocenters. The number of rotatable bonds is 14. The molecule has 0 radical (unpaired) electrons. The first-order valence-corrected chi connectivity index (χ1v) is 9.72. The maximum atomic E-state index is 11.1. The van der Waals surface area contributed by atoms with Crippen LogP contribution in [0.3, 0.4) is 0 Å². The number of aliphatic carboxylic acids is 1. The lowest BCUT2D eigenvalue weighted by Crippen LogP contribution is -2.36. The van der Waals surface area contributed by atoms with Crippen molar-refractivity contribution >= 4 is 5.97 Å². The topological polar surface area (TPSA) is 40.5 Å². The van der Waals surface area contributed by atoms with Crippen LogP contribution in [0.1, 0.15) is 96.8 Å². The standard InChI is InChI=1S/C19H37NO2/c1-2-3-4-5-6-7-8-9-10-11-12-13-16-20-17-14-15-18(20)19(21)22/h18H,2-17H2,1H3,(H,21,22). The lowest BCUT2D eigenvalue weighted by Gasteiger charge is -2.20. The summed E-state index contributed by atoms with van der Waals surface area (Å²) >= 11 is 0. The number of nitrogens with zero attached hydrogens (tertiary/aromatic N) is 1. The molecule has 1 heterocycles. The van der Waals surface area contributed by atoms with Crippen LogP contribution in [-0.2, 0) is 4.79 Å². The summed E-state index contributed by atoms with van der Waals surface area (Å²) in [5, 5.41) is 9.13. The summed E-state index contributed by atoms with van der Waals surface area (Å²) in [6, 6.07) is -0.201. The Morgan fingerprint density at radius 3 is 1.91 bits per heavy atom. The van der Waals surface area contributed by atoms with Crippen molar-refractivity contribution in [3.63, 3.8) is 0 Å². The first-order chi connectivity index (χ1) is 10.8. The molecule has 0 spiro atoms. The third kappa shape index (κ3) is 8.77. The molecule has 3 heteroatoms. The van der Waals surface area contributed by atoms with Crippen LogP contribution in [0.4, 0.5) is 0 Å². The van der Waals surface area contributed by atoms with E-state index in [1.54, 1.807) is 0 Å². The molecule has 1 fully saturated rings. The Labute approximate surface area is 137 Å². The second kappa shape index (κ2) is 12.9. The fourth-order valence-corrected chi connectivity index (χ4v) is 3.53. The van der Waals surface area contributed by atoms with Crippen molar-refractivity contribution in [1.82, 2.24) is 4.90 Å². The van der Waals surface area contributed by atoms with Crippen molar-refractivity contribution in [3.05, 3.63) is 0 Å². The Bertz CT molecular complexity index is 281. The maximum Gasteiger partial charge on any atom is 0.320 e. The van der Waals surface area contributed by atoms with Gasteiger partial charge < -0.3 is 5.11 Å².